The Balaban J connectivity index is 1.54. The second kappa shape index (κ2) is 7.03. The van der Waals surface area contributed by atoms with Crippen LogP contribution < -0.4 is 5.32 Å². The third-order valence-corrected chi connectivity index (χ3v) is 5.39. The van der Waals surface area contributed by atoms with Crippen LogP contribution in [0.2, 0.25) is 0 Å². The number of fused-ring (bicyclic) bond motifs is 1. The van der Waals surface area contributed by atoms with E-state index >= 15 is 0 Å². The number of nitrogens with one attached hydrogen (secondary N) is 1. The molecule has 2 atom stereocenters. The first-order valence-electron chi connectivity index (χ1n) is 9.08. The van der Waals surface area contributed by atoms with Crippen molar-refractivity contribution in [1.82, 2.24) is 14.9 Å². The highest BCUT2D eigenvalue weighted by Gasteiger charge is 2.31. The Kier molecular flexibility index (Phi) is 4.63. The number of benzene rings is 1. The molecule has 0 amide bonds. The molecule has 1 N–H and O–H groups in total. The van der Waals surface area contributed by atoms with Crippen molar-refractivity contribution in [3.63, 3.8) is 0 Å². The van der Waals surface area contributed by atoms with Crippen LogP contribution in [0.1, 0.15) is 24.8 Å². The summed E-state index contributed by atoms with van der Waals surface area (Å²) in [5.41, 5.74) is 2.24. The largest absolute Gasteiger partial charge is 0.381 e. The van der Waals surface area contributed by atoms with Crippen LogP contribution in [0.3, 0.4) is 0 Å². The van der Waals surface area contributed by atoms with E-state index < -0.39 is 0 Å². The maximum absolute atomic E-state index is 5.66. The Bertz CT molecular complexity index is 677. The van der Waals surface area contributed by atoms with E-state index in [1.807, 2.05) is 0 Å². The molecule has 2 aliphatic rings. The molecule has 0 spiro atoms. The lowest BCUT2D eigenvalue weighted by molar-refractivity contribution is 0.142. The van der Waals surface area contributed by atoms with Crippen LogP contribution in [0.4, 0.5) is 5.82 Å². The van der Waals surface area contributed by atoms with Gasteiger partial charge < -0.3 is 10.1 Å². The molecule has 2 aliphatic heterocycles. The quantitative estimate of drug-likeness (QED) is 0.915. The van der Waals surface area contributed by atoms with E-state index in [9.17, 15) is 0 Å². The van der Waals surface area contributed by atoms with Crippen molar-refractivity contribution in [3.05, 3.63) is 30.1 Å². The Hall–Kier alpha value is -1.72. The summed E-state index contributed by atoms with van der Waals surface area (Å²) in [6.45, 7) is 7.27. The van der Waals surface area contributed by atoms with Crippen LogP contribution in [0, 0.1) is 12.8 Å². The van der Waals surface area contributed by atoms with E-state index in [0.717, 1.165) is 36.5 Å². The maximum Gasteiger partial charge on any atom is 0.137 e. The van der Waals surface area contributed by atoms with Crippen molar-refractivity contribution >= 4 is 16.7 Å². The fourth-order valence-corrected chi connectivity index (χ4v) is 4.04. The number of anilines is 1. The van der Waals surface area contributed by atoms with E-state index in [-0.39, 0.29) is 0 Å². The van der Waals surface area contributed by atoms with E-state index in [1.54, 1.807) is 6.33 Å². The minimum absolute atomic E-state index is 0.532. The lowest BCUT2D eigenvalue weighted by atomic mass is 9.97. The van der Waals surface area contributed by atoms with E-state index in [2.05, 4.69) is 45.3 Å². The molecule has 5 nitrogen and oxygen atoms in total. The number of likely N-dealkylation sites (tertiary alicyclic amines) is 1. The SMILES string of the molecule is Cc1ccc2ncnc(NC[C@@H]([C@H]3CCOC3)N3CCCC3)c2c1. The van der Waals surface area contributed by atoms with Crippen molar-refractivity contribution in [2.24, 2.45) is 5.92 Å². The van der Waals surface area contributed by atoms with Gasteiger partial charge in [-0.05, 0) is 51.4 Å². The number of hydrogen-bond donors (Lipinski definition) is 1. The topological polar surface area (TPSA) is 50.3 Å². The summed E-state index contributed by atoms with van der Waals surface area (Å²) >= 11 is 0. The van der Waals surface area contributed by atoms with Crippen LogP contribution in [0.25, 0.3) is 10.9 Å². The molecule has 128 valence electrons. The second-order valence-electron chi connectivity index (χ2n) is 7.06. The Labute approximate surface area is 143 Å². The molecule has 1 aromatic heterocycles. The predicted molar refractivity (Wildman–Crippen MR) is 96.3 cm³/mol. The molecule has 5 heteroatoms. The lowest BCUT2D eigenvalue weighted by Gasteiger charge is -2.32. The number of aromatic nitrogens is 2. The third kappa shape index (κ3) is 3.23. The van der Waals surface area contributed by atoms with Crippen LogP contribution in [0.15, 0.2) is 24.5 Å². The van der Waals surface area contributed by atoms with Crippen LogP contribution in [-0.2, 0) is 4.74 Å². The zero-order valence-corrected chi connectivity index (χ0v) is 14.4. The predicted octanol–water partition coefficient (Wildman–Crippen LogP) is 2.85. The summed E-state index contributed by atoms with van der Waals surface area (Å²) in [6, 6.07) is 6.87. The molecular formula is C19H26N4O. The lowest BCUT2D eigenvalue weighted by Crippen LogP contribution is -2.44. The van der Waals surface area contributed by atoms with Gasteiger partial charge in [0.25, 0.3) is 0 Å². The Morgan fingerprint density at radius 3 is 2.96 bits per heavy atom. The Morgan fingerprint density at radius 2 is 2.17 bits per heavy atom. The fraction of sp³-hybridized carbons (Fsp3) is 0.579. The summed E-state index contributed by atoms with van der Waals surface area (Å²) in [7, 11) is 0. The fourth-order valence-electron chi connectivity index (χ4n) is 4.04. The van der Waals surface area contributed by atoms with Gasteiger partial charge in [0.15, 0.2) is 0 Å². The first-order chi connectivity index (χ1) is 11.8. The van der Waals surface area contributed by atoms with Crippen molar-refractivity contribution in [1.29, 1.82) is 0 Å². The van der Waals surface area contributed by atoms with Gasteiger partial charge in [0.05, 0.1) is 12.1 Å². The minimum atomic E-state index is 0.532. The smallest absolute Gasteiger partial charge is 0.137 e. The number of ether oxygens (including phenoxy) is 1. The molecule has 0 aliphatic carbocycles. The van der Waals surface area contributed by atoms with Crippen molar-refractivity contribution in [2.75, 3.05) is 38.2 Å². The average molecular weight is 326 g/mol. The van der Waals surface area contributed by atoms with Gasteiger partial charge in [0.2, 0.25) is 0 Å². The van der Waals surface area contributed by atoms with E-state index in [0.29, 0.717) is 12.0 Å². The van der Waals surface area contributed by atoms with Crippen molar-refractivity contribution < 1.29 is 4.74 Å². The molecule has 0 saturated carbocycles. The summed E-state index contributed by atoms with van der Waals surface area (Å²) in [6.07, 6.45) is 5.47. The number of aryl methyl sites for hydroxylation is 1. The molecule has 24 heavy (non-hydrogen) atoms. The number of rotatable bonds is 5. The molecule has 2 fully saturated rings. The highest BCUT2D eigenvalue weighted by atomic mass is 16.5. The van der Waals surface area contributed by atoms with E-state index in [1.165, 1.54) is 37.9 Å². The van der Waals surface area contributed by atoms with Gasteiger partial charge in [-0.15, -0.1) is 0 Å². The van der Waals surface area contributed by atoms with Crippen molar-refractivity contribution in [3.8, 4) is 0 Å². The average Bonchev–Trinajstić information content (AvgIpc) is 3.29. The molecule has 0 bridgehead atoms. The van der Waals surface area contributed by atoms with Crippen LogP contribution >= 0.6 is 0 Å². The summed E-state index contributed by atoms with van der Waals surface area (Å²) in [5, 5.41) is 4.73. The first-order valence-corrected chi connectivity index (χ1v) is 9.08. The standard InChI is InChI=1S/C19H26N4O/c1-14-4-5-17-16(10-14)19(22-13-21-17)20-11-18(15-6-9-24-12-15)23-7-2-3-8-23/h4-5,10,13,15,18H,2-3,6-9,11-12H2,1H3,(H,20,21,22)/t15-,18-/m0/s1. The van der Waals surface area contributed by atoms with Gasteiger partial charge in [-0.25, -0.2) is 9.97 Å². The molecule has 2 aromatic rings. The Morgan fingerprint density at radius 1 is 1.29 bits per heavy atom. The normalized spacial score (nSPS) is 23.0. The highest BCUT2D eigenvalue weighted by molar-refractivity contribution is 5.89. The zero-order valence-electron chi connectivity index (χ0n) is 14.4. The first kappa shape index (κ1) is 15.8. The second-order valence-corrected chi connectivity index (χ2v) is 7.06. The molecular weight excluding hydrogens is 300 g/mol. The van der Waals surface area contributed by atoms with Crippen LogP contribution in [-0.4, -0.2) is 53.8 Å². The van der Waals surface area contributed by atoms with Gasteiger partial charge in [-0.1, -0.05) is 11.6 Å². The van der Waals surface area contributed by atoms with Gasteiger partial charge in [0, 0.05) is 30.5 Å². The molecule has 1 aromatic carbocycles. The van der Waals surface area contributed by atoms with Crippen molar-refractivity contribution in [2.45, 2.75) is 32.2 Å². The highest BCUT2D eigenvalue weighted by Crippen LogP contribution is 2.26. The van der Waals surface area contributed by atoms with Gasteiger partial charge in [0.1, 0.15) is 12.1 Å². The zero-order chi connectivity index (χ0) is 16.4. The molecule has 3 heterocycles. The van der Waals surface area contributed by atoms with Gasteiger partial charge in [-0.2, -0.15) is 0 Å². The molecule has 4 rings (SSSR count). The van der Waals surface area contributed by atoms with Gasteiger partial charge in [-0.3, -0.25) is 4.90 Å². The maximum atomic E-state index is 5.66. The third-order valence-electron chi connectivity index (χ3n) is 5.39. The molecule has 0 radical (unpaired) electrons. The number of nitrogens with zero attached hydrogens (tertiary/aromatic N) is 3. The summed E-state index contributed by atoms with van der Waals surface area (Å²) < 4.78 is 5.66. The van der Waals surface area contributed by atoms with E-state index in [4.69, 9.17) is 4.74 Å². The monoisotopic (exact) mass is 326 g/mol. The van der Waals surface area contributed by atoms with Gasteiger partial charge >= 0.3 is 0 Å². The molecule has 0 unspecified atom stereocenters. The summed E-state index contributed by atoms with van der Waals surface area (Å²) in [5.74, 6) is 1.58. The summed E-state index contributed by atoms with van der Waals surface area (Å²) in [4.78, 5) is 11.5. The minimum Gasteiger partial charge on any atom is -0.381 e. The molecule has 2 saturated heterocycles. The van der Waals surface area contributed by atoms with Crippen LogP contribution in [0.5, 0.6) is 0 Å². The number of hydrogen-bond acceptors (Lipinski definition) is 5.